The molecule has 0 spiro atoms. The summed E-state index contributed by atoms with van der Waals surface area (Å²) in [6.45, 7) is 0. The monoisotopic (exact) mass is 292 g/mol. The third-order valence-corrected chi connectivity index (χ3v) is 3.79. The molecule has 110 valence electrons. The molecule has 22 heavy (non-hydrogen) atoms. The Morgan fingerprint density at radius 3 is 2.36 bits per heavy atom. The summed E-state index contributed by atoms with van der Waals surface area (Å²) in [4.78, 5) is 16.8. The molecule has 1 amide bonds. The fraction of sp³-hybridized carbons (Fsp3) is 0.111. The van der Waals surface area contributed by atoms with Crippen molar-refractivity contribution in [1.29, 1.82) is 0 Å². The number of rotatable bonds is 4. The van der Waals surface area contributed by atoms with Crippen molar-refractivity contribution in [2.24, 2.45) is 5.73 Å². The molecule has 2 aromatic carbocycles. The predicted octanol–water partition coefficient (Wildman–Crippen LogP) is 2.61. The fourth-order valence-corrected chi connectivity index (χ4v) is 2.67. The van der Waals surface area contributed by atoms with Gasteiger partial charge in [0, 0.05) is 12.5 Å². The molecule has 1 aromatic heterocycles. The van der Waals surface area contributed by atoms with Crippen LogP contribution < -0.4 is 5.73 Å². The van der Waals surface area contributed by atoms with E-state index in [0.29, 0.717) is 11.3 Å². The third-order valence-electron chi connectivity index (χ3n) is 3.79. The molecule has 4 heteroatoms. The van der Waals surface area contributed by atoms with Crippen molar-refractivity contribution in [2.75, 3.05) is 7.11 Å². The quantitative estimate of drug-likeness (QED) is 0.804. The zero-order valence-corrected chi connectivity index (χ0v) is 12.2. The van der Waals surface area contributed by atoms with E-state index < -0.39 is 11.5 Å². The summed E-state index contributed by atoms with van der Waals surface area (Å²) in [7, 11) is 1.47. The number of carbonyl (C=O) groups excluding carboxylic acids is 1. The van der Waals surface area contributed by atoms with Crippen molar-refractivity contribution in [3.63, 3.8) is 0 Å². The highest BCUT2D eigenvalue weighted by molar-refractivity contribution is 5.89. The van der Waals surface area contributed by atoms with Gasteiger partial charge in [0.15, 0.2) is 0 Å². The number of fused-ring (bicyclic) bond motifs is 1. The van der Waals surface area contributed by atoms with Crippen LogP contribution in [0.3, 0.4) is 0 Å². The first kappa shape index (κ1) is 14.2. The summed E-state index contributed by atoms with van der Waals surface area (Å²) in [6.07, 6.45) is 0. The molecule has 0 saturated heterocycles. The molecule has 2 N–H and O–H groups in total. The number of nitrogens with zero attached hydrogens (tertiary/aromatic N) is 1. The van der Waals surface area contributed by atoms with Gasteiger partial charge < -0.3 is 10.5 Å². The van der Waals surface area contributed by atoms with Crippen molar-refractivity contribution in [1.82, 2.24) is 4.98 Å². The molecular weight excluding hydrogens is 276 g/mol. The molecule has 1 heterocycles. The predicted molar refractivity (Wildman–Crippen MR) is 85.2 cm³/mol. The average Bonchev–Trinajstić information content (AvgIpc) is 2.56. The molecule has 0 saturated carbocycles. The summed E-state index contributed by atoms with van der Waals surface area (Å²) in [5.74, 6) is -0.594. The minimum Gasteiger partial charge on any atom is -0.366 e. The maximum atomic E-state index is 12.2. The Kier molecular flexibility index (Phi) is 3.61. The number of nitrogens with two attached hydrogens (primary N) is 1. The van der Waals surface area contributed by atoms with E-state index >= 15 is 0 Å². The first-order chi connectivity index (χ1) is 10.7. The van der Waals surface area contributed by atoms with Gasteiger partial charge in [0.25, 0.3) is 5.91 Å². The van der Waals surface area contributed by atoms with E-state index in [9.17, 15) is 4.79 Å². The largest absolute Gasteiger partial charge is 0.366 e. The van der Waals surface area contributed by atoms with Gasteiger partial charge in [0.1, 0.15) is 0 Å². The highest BCUT2D eigenvalue weighted by Crippen LogP contribution is 2.32. The average molecular weight is 292 g/mol. The minimum atomic E-state index is -1.40. The van der Waals surface area contributed by atoms with Gasteiger partial charge in [-0.15, -0.1) is 0 Å². The maximum Gasteiger partial charge on any atom is 0.260 e. The van der Waals surface area contributed by atoms with E-state index in [-0.39, 0.29) is 0 Å². The molecule has 0 aliphatic rings. The van der Waals surface area contributed by atoms with Gasteiger partial charge in [-0.1, -0.05) is 54.6 Å². The summed E-state index contributed by atoms with van der Waals surface area (Å²) < 4.78 is 5.58. The number of methoxy groups -OCH3 is 1. The van der Waals surface area contributed by atoms with Crippen LogP contribution in [0, 0.1) is 0 Å². The molecule has 0 aliphatic carbocycles. The maximum absolute atomic E-state index is 12.2. The van der Waals surface area contributed by atoms with E-state index in [2.05, 4.69) is 4.98 Å². The van der Waals surface area contributed by atoms with E-state index in [1.165, 1.54) is 7.11 Å². The van der Waals surface area contributed by atoms with Crippen LogP contribution in [0.25, 0.3) is 10.9 Å². The number of pyridine rings is 1. The molecule has 0 radical (unpaired) electrons. The van der Waals surface area contributed by atoms with Crippen LogP contribution in [0.2, 0.25) is 0 Å². The first-order valence-corrected chi connectivity index (χ1v) is 6.95. The van der Waals surface area contributed by atoms with E-state index in [1.807, 2.05) is 60.7 Å². The summed E-state index contributed by atoms with van der Waals surface area (Å²) in [5.41, 5.74) is 6.22. The smallest absolute Gasteiger partial charge is 0.260 e. The summed E-state index contributed by atoms with van der Waals surface area (Å²) in [5, 5.41) is 0.994. The van der Waals surface area contributed by atoms with E-state index in [4.69, 9.17) is 10.5 Å². The van der Waals surface area contributed by atoms with Crippen molar-refractivity contribution in [3.05, 3.63) is 78.0 Å². The van der Waals surface area contributed by atoms with Gasteiger partial charge in [-0.25, -0.2) is 4.98 Å². The number of benzene rings is 2. The number of para-hydroxylation sites is 1. The van der Waals surface area contributed by atoms with Crippen LogP contribution >= 0.6 is 0 Å². The molecule has 1 unspecified atom stereocenters. The highest BCUT2D eigenvalue weighted by Gasteiger charge is 2.42. The number of hydrogen-bond donors (Lipinski definition) is 1. The summed E-state index contributed by atoms with van der Waals surface area (Å²) in [6, 6.07) is 20.6. The van der Waals surface area contributed by atoms with Gasteiger partial charge in [0.05, 0.1) is 11.2 Å². The Balaban J connectivity index is 2.26. The fourth-order valence-electron chi connectivity index (χ4n) is 2.67. The molecule has 0 aliphatic heterocycles. The van der Waals surface area contributed by atoms with Crippen LogP contribution in [0.15, 0.2) is 66.7 Å². The topological polar surface area (TPSA) is 65.2 Å². The Bertz CT molecular complexity index is 817. The number of hydrogen-bond acceptors (Lipinski definition) is 3. The zero-order chi connectivity index (χ0) is 15.6. The Morgan fingerprint density at radius 1 is 1.00 bits per heavy atom. The lowest BCUT2D eigenvalue weighted by atomic mass is 9.88. The Morgan fingerprint density at radius 2 is 1.68 bits per heavy atom. The minimum absolute atomic E-state index is 0.479. The number of primary amides is 1. The number of carbonyl (C=O) groups is 1. The van der Waals surface area contributed by atoms with Crippen LogP contribution in [0.5, 0.6) is 0 Å². The molecule has 0 bridgehead atoms. The van der Waals surface area contributed by atoms with Crippen molar-refractivity contribution in [3.8, 4) is 0 Å². The second-order valence-corrected chi connectivity index (χ2v) is 5.00. The van der Waals surface area contributed by atoms with Crippen LogP contribution in [0.1, 0.15) is 11.3 Å². The molecule has 3 aromatic rings. The third kappa shape index (κ3) is 2.14. The van der Waals surface area contributed by atoms with Gasteiger partial charge in [-0.2, -0.15) is 0 Å². The van der Waals surface area contributed by atoms with Crippen molar-refractivity contribution >= 4 is 16.8 Å². The lowest BCUT2D eigenvalue weighted by molar-refractivity contribution is -0.136. The molecular formula is C18H16N2O2. The zero-order valence-electron chi connectivity index (χ0n) is 12.2. The van der Waals surface area contributed by atoms with Crippen LogP contribution in [-0.4, -0.2) is 18.0 Å². The number of ether oxygens (including phenoxy) is 1. The van der Waals surface area contributed by atoms with Crippen molar-refractivity contribution in [2.45, 2.75) is 5.60 Å². The second-order valence-electron chi connectivity index (χ2n) is 5.00. The van der Waals surface area contributed by atoms with Gasteiger partial charge in [-0.3, -0.25) is 4.79 Å². The number of amides is 1. The van der Waals surface area contributed by atoms with Gasteiger partial charge in [0.2, 0.25) is 5.60 Å². The van der Waals surface area contributed by atoms with Crippen LogP contribution in [-0.2, 0) is 15.1 Å². The highest BCUT2D eigenvalue weighted by atomic mass is 16.5. The SMILES string of the molecule is COC(C(N)=O)(c1ccccc1)c1ccc2ccccc2n1. The number of aromatic nitrogens is 1. The molecule has 1 atom stereocenters. The molecule has 4 nitrogen and oxygen atoms in total. The second kappa shape index (κ2) is 5.58. The Hall–Kier alpha value is -2.72. The van der Waals surface area contributed by atoms with E-state index in [1.54, 1.807) is 6.07 Å². The van der Waals surface area contributed by atoms with Crippen LogP contribution in [0.4, 0.5) is 0 Å². The standard InChI is InChI=1S/C18H16N2O2/c1-22-18(17(19)21,14-8-3-2-4-9-14)16-12-11-13-7-5-6-10-15(13)20-16/h2-12H,1H3,(H2,19,21). The normalized spacial score (nSPS) is 13.7. The van der Waals surface area contributed by atoms with Crippen molar-refractivity contribution < 1.29 is 9.53 Å². The first-order valence-electron chi connectivity index (χ1n) is 6.95. The molecule has 0 fully saturated rings. The molecule has 3 rings (SSSR count). The lowest BCUT2D eigenvalue weighted by Gasteiger charge is -2.29. The summed E-state index contributed by atoms with van der Waals surface area (Å²) >= 11 is 0. The van der Waals surface area contributed by atoms with E-state index in [0.717, 1.165) is 10.9 Å². The van der Waals surface area contributed by atoms with Gasteiger partial charge in [-0.05, 0) is 17.7 Å². The van der Waals surface area contributed by atoms with Gasteiger partial charge >= 0.3 is 0 Å². The Labute approximate surface area is 128 Å². The lowest BCUT2D eigenvalue weighted by Crippen LogP contribution is -2.44.